The van der Waals surface area contributed by atoms with E-state index in [0.717, 1.165) is 0 Å². The Balaban J connectivity index is 3.71. The van der Waals surface area contributed by atoms with Gasteiger partial charge in [0, 0.05) is 0 Å². The van der Waals surface area contributed by atoms with Crippen molar-refractivity contribution in [3.8, 4) is 0 Å². The van der Waals surface area contributed by atoms with E-state index >= 15 is 0 Å². The molecule has 0 spiro atoms. The normalized spacial score (nSPS) is 15.0. The first-order chi connectivity index (χ1) is 5.71. The van der Waals surface area contributed by atoms with Crippen LogP contribution >= 0.6 is 18.8 Å². The van der Waals surface area contributed by atoms with Crippen molar-refractivity contribution < 1.29 is 26.1 Å². The summed E-state index contributed by atoms with van der Waals surface area (Å²) in [5, 5.41) is 0. The fourth-order valence-electron chi connectivity index (χ4n) is 0.542. The molecule has 0 amide bonds. The average molecular weight is 415 g/mol. The molecule has 0 aromatic rings. The van der Waals surface area contributed by atoms with Gasteiger partial charge in [0.05, 0.1) is 0 Å². The van der Waals surface area contributed by atoms with Crippen molar-refractivity contribution in [1.82, 2.24) is 3.88 Å². The zero-order chi connectivity index (χ0) is 10.6. The van der Waals surface area contributed by atoms with E-state index in [1.165, 1.54) is 0 Å². The van der Waals surface area contributed by atoms with Gasteiger partial charge < -0.3 is 0 Å². The fourth-order valence-corrected chi connectivity index (χ4v) is 2.34. The molecule has 0 aliphatic heterocycles. The van der Waals surface area contributed by atoms with Crippen LogP contribution in [0.3, 0.4) is 0 Å². The Labute approximate surface area is 86.1 Å². The first kappa shape index (κ1) is 13.8. The zero-order valence-electron chi connectivity index (χ0n) is 6.78. The van der Waals surface area contributed by atoms with Crippen LogP contribution in [0.25, 0.3) is 0 Å². The number of nitrogens with one attached hydrogen (secondary N) is 1. The van der Waals surface area contributed by atoms with E-state index in [1.54, 1.807) is 0 Å². The van der Waals surface area contributed by atoms with Gasteiger partial charge in [-0.05, 0) is 0 Å². The molecule has 0 atom stereocenters. The minimum atomic E-state index is -5.34. The third kappa shape index (κ3) is 10.7. The van der Waals surface area contributed by atoms with Crippen molar-refractivity contribution >= 4 is 24.6 Å². The molecule has 8 heteroatoms. The van der Waals surface area contributed by atoms with Gasteiger partial charge in [-0.3, -0.25) is 0 Å². The van der Waals surface area contributed by atoms with Gasteiger partial charge in [-0.2, -0.15) is 0 Å². The summed E-state index contributed by atoms with van der Waals surface area (Å²) in [5.74, 6) is -0.205. The van der Waals surface area contributed by atoms with Crippen molar-refractivity contribution in [3.63, 3.8) is 0 Å². The molecule has 0 aromatic carbocycles. The van der Waals surface area contributed by atoms with Crippen LogP contribution in [0.4, 0.5) is 0 Å². The predicted octanol–water partition coefficient (Wildman–Crippen LogP) is -0.389. The number of carbonyl (C=O) groups excluding carboxylic acids is 1. The zero-order valence-corrected chi connectivity index (χ0v) is 10.6. The Hall–Kier alpha value is 0.778. The molecule has 0 rings (SSSR count). The topological polar surface area (TPSA) is 95.6 Å². The van der Waals surface area contributed by atoms with Gasteiger partial charge in [-0.15, -0.1) is 0 Å². The Morgan fingerprint density at radius 1 is 1.46 bits per heavy atom. The number of ketones is 1. The van der Waals surface area contributed by atoms with Gasteiger partial charge in [0.2, 0.25) is 0 Å². The molecule has 5 nitrogen and oxygen atoms in total. The van der Waals surface area contributed by atoms with Crippen LogP contribution in [0.5, 0.6) is 0 Å². The average Bonchev–Trinajstić information content (AvgIpc) is 1.94. The number of Topliss-reactive ketones (excluding diaryl/α,β-unsaturated/α-hetero) is 1. The van der Waals surface area contributed by atoms with E-state index in [0.29, 0.717) is 13.0 Å². The second-order valence-corrected chi connectivity index (χ2v) is 15.7. The Kier molecular flexibility index (Phi) is 5.33. The molecule has 0 bridgehead atoms. The number of hydrogen-bond acceptors (Lipinski definition) is 5. The first-order valence-corrected chi connectivity index (χ1v) is 12.2. The van der Waals surface area contributed by atoms with Crippen molar-refractivity contribution in [2.24, 2.45) is 5.73 Å². The minimum absolute atomic E-state index is 0.205. The van der Waals surface area contributed by atoms with E-state index < -0.39 is 13.7 Å². The molecular weight excluding hydrogens is 402 g/mol. The van der Waals surface area contributed by atoms with Gasteiger partial charge in [-0.25, -0.2) is 0 Å². The van der Waals surface area contributed by atoms with E-state index in [2.05, 4.69) is 0 Å². The van der Waals surface area contributed by atoms with Crippen LogP contribution in [0.2, 0.25) is 0 Å². The van der Waals surface area contributed by atoms with Gasteiger partial charge in [-0.1, -0.05) is 0 Å². The number of carbonyl (C=O) groups is 1. The summed E-state index contributed by atoms with van der Waals surface area (Å²) in [6.07, 6.45) is 0.836. The Morgan fingerprint density at radius 2 is 2.00 bits per heavy atom. The van der Waals surface area contributed by atoms with E-state index in [1.807, 2.05) is 3.88 Å². The molecule has 0 fully saturated rings. The standard InChI is InChI=1S/C5H11N2O.2ClH.2H2O.Pt/c6-3-1-2-5(8)4-7;;;;;/h7H,1-4,6H2;2*1H;2*1H2;/q-1;;;;;+5/p-4. The molecule has 85 valence electrons. The number of rotatable bonds is 6. The summed E-state index contributed by atoms with van der Waals surface area (Å²) in [5.41, 5.74) is 5.17. The first-order valence-electron chi connectivity index (χ1n) is 3.35. The molecule has 0 aliphatic rings. The van der Waals surface area contributed by atoms with Gasteiger partial charge in [0.25, 0.3) is 0 Å². The van der Waals surface area contributed by atoms with Gasteiger partial charge in [0.15, 0.2) is 0 Å². The molecule has 0 saturated carbocycles. The molecule has 0 saturated heterocycles. The molecule has 0 unspecified atom stereocenters. The number of nitrogens with two attached hydrogens (primary N) is 1. The summed E-state index contributed by atoms with van der Waals surface area (Å²) in [6.45, 7) is 0.175. The third-order valence-corrected chi connectivity index (χ3v) is 4.21. The summed E-state index contributed by atoms with van der Waals surface area (Å²) >= 11 is -5.34. The van der Waals surface area contributed by atoms with Gasteiger partial charge >= 0.3 is 86.2 Å². The van der Waals surface area contributed by atoms with Crippen molar-refractivity contribution in [2.75, 3.05) is 13.1 Å². The Bertz CT molecular complexity index is 185. The van der Waals surface area contributed by atoms with Crippen LogP contribution in [0.1, 0.15) is 12.8 Å². The van der Waals surface area contributed by atoms with Crippen molar-refractivity contribution in [2.45, 2.75) is 12.8 Å². The van der Waals surface area contributed by atoms with E-state index in [-0.39, 0.29) is 18.7 Å². The maximum absolute atomic E-state index is 11.0. The monoisotopic (exact) mass is 414 g/mol. The van der Waals surface area contributed by atoms with Crippen LogP contribution < -0.4 is 9.61 Å². The second-order valence-electron chi connectivity index (χ2n) is 2.30. The molecule has 0 aliphatic carbocycles. The fraction of sp³-hybridized carbons (Fsp3) is 0.800. The van der Waals surface area contributed by atoms with Crippen molar-refractivity contribution in [1.29, 1.82) is 0 Å². The second kappa shape index (κ2) is 5.03. The molecular formula is C5H13Cl2N2O3Pt. The van der Waals surface area contributed by atoms with Crippen LogP contribution in [0, 0.1) is 0 Å². The predicted molar refractivity (Wildman–Crippen MR) is 47.4 cm³/mol. The van der Waals surface area contributed by atoms with Crippen LogP contribution in [0.15, 0.2) is 0 Å². The third-order valence-electron chi connectivity index (χ3n) is 1.10. The van der Waals surface area contributed by atoms with Crippen molar-refractivity contribution in [3.05, 3.63) is 0 Å². The number of halogens is 2. The molecule has 0 heterocycles. The SMILES string of the molecule is NCCCC(=O)C[NH][Pt]([OH])([OH])([Cl])[Cl]. The molecule has 0 radical (unpaired) electrons. The maximum atomic E-state index is 11.0. The van der Waals surface area contributed by atoms with Crippen LogP contribution in [-0.4, -0.2) is 26.4 Å². The number of hydrogen-bond donors (Lipinski definition) is 4. The van der Waals surface area contributed by atoms with E-state index in [4.69, 9.17) is 32.1 Å². The van der Waals surface area contributed by atoms with Crippen LogP contribution in [-0.2, 0) is 18.5 Å². The molecule has 13 heavy (non-hydrogen) atoms. The quantitative estimate of drug-likeness (QED) is 0.474. The molecule has 5 N–H and O–H groups in total. The summed E-state index contributed by atoms with van der Waals surface area (Å²) < 4.78 is 19.9. The van der Waals surface area contributed by atoms with E-state index in [9.17, 15) is 4.79 Å². The summed E-state index contributed by atoms with van der Waals surface area (Å²) in [6, 6.07) is 0. The molecule has 0 aromatic heterocycles. The van der Waals surface area contributed by atoms with Gasteiger partial charge in [0.1, 0.15) is 0 Å². The summed E-state index contributed by atoms with van der Waals surface area (Å²) in [7, 11) is 10.3. The Morgan fingerprint density at radius 3 is 2.38 bits per heavy atom. The summed E-state index contributed by atoms with van der Waals surface area (Å²) in [4.78, 5) is 11.0.